The maximum absolute atomic E-state index is 13.3. The molecular weight excluding hydrogens is 326 g/mol. The van der Waals surface area contributed by atoms with Gasteiger partial charge in [0.2, 0.25) is 0 Å². The standard InChI is InChI=1S/C22H21NO3/c23-12-18(24)16-10-11-17-20(19(16)13-6-2-1-3-7-13)22(26)15-9-5-4-8-14(15)21(17)25/h4-5,8-11,13H,1-3,6-7,12,23H2. The minimum Gasteiger partial charge on any atom is -0.324 e. The van der Waals surface area contributed by atoms with Crippen LogP contribution in [0.4, 0.5) is 0 Å². The lowest BCUT2D eigenvalue weighted by Crippen LogP contribution is -2.27. The summed E-state index contributed by atoms with van der Waals surface area (Å²) in [5, 5.41) is 0. The number of hydrogen-bond acceptors (Lipinski definition) is 4. The molecule has 0 heterocycles. The summed E-state index contributed by atoms with van der Waals surface area (Å²) in [7, 11) is 0. The Balaban J connectivity index is 1.98. The zero-order valence-electron chi connectivity index (χ0n) is 14.6. The summed E-state index contributed by atoms with van der Waals surface area (Å²) in [6, 6.07) is 10.2. The Labute approximate surface area is 152 Å². The van der Waals surface area contributed by atoms with Crippen molar-refractivity contribution in [2.24, 2.45) is 5.73 Å². The van der Waals surface area contributed by atoms with Gasteiger partial charge in [-0.25, -0.2) is 0 Å². The van der Waals surface area contributed by atoms with Gasteiger partial charge in [0.05, 0.1) is 6.54 Å². The molecule has 2 aromatic rings. The van der Waals surface area contributed by atoms with Gasteiger partial charge in [0.15, 0.2) is 17.3 Å². The molecule has 2 aromatic carbocycles. The van der Waals surface area contributed by atoms with Gasteiger partial charge in [-0.1, -0.05) is 49.6 Å². The van der Waals surface area contributed by atoms with Gasteiger partial charge in [-0.2, -0.15) is 0 Å². The largest absolute Gasteiger partial charge is 0.324 e. The molecule has 0 radical (unpaired) electrons. The molecule has 0 spiro atoms. The summed E-state index contributed by atoms with van der Waals surface area (Å²) < 4.78 is 0. The van der Waals surface area contributed by atoms with Crippen molar-refractivity contribution in [2.45, 2.75) is 38.0 Å². The van der Waals surface area contributed by atoms with E-state index in [4.69, 9.17) is 5.73 Å². The van der Waals surface area contributed by atoms with E-state index >= 15 is 0 Å². The topological polar surface area (TPSA) is 77.2 Å². The van der Waals surface area contributed by atoms with Crippen molar-refractivity contribution in [1.29, 1.82) is 0 Å². The number of fused-ring (bicyclic) bond motifs is 2. The van der Waals surface area contributed by atoms with Crippen LogP contribution in [-0.2, 0) is 0 Å². The van der Waals surface area contributed by atoms with Crippen LogP contribution < -0.4 is 5.73 Å². The molecule has 4 heteroatoms. The summed E-state index contributed by atoms with van der Waals surface area (Å²) in [4.78, 5) is 38.7. The van der Waals surface area contributed by atoms with Crippen molar-refractivity contribution in [3.63, 3.8) is 0 Å². The molecule has 0 aliphatic heterocycles. The molecule has 0 bridgehead atoms. The molecule has 0 unspecified atom stereocenters. The Morgan fingerprint density at radius 1 is 0.885 bits per heavy atom. The molecule has 2 aliphatic carbocycles. The third kappa shape index (κ3) is 2.53. The van der Waals surface area contributed by atoms with E-state index in [0.717, 1.165) is 31.2 Å². The minimum atomic E-state index is -0.174. The number of Topliss-reactive ketones (excluding diaryl/α,β-unsaturated/α-hetero) is 1. The Morgan fingerprint density at radius 2 is 1.54 bits per heavy atom. The zero-order chi connectivity index (χ0) is 18.3. The molecule has 0 atom stereocenters. The van der Waals surface area contributed by atoms with E-state index in [-0.39, 0.29) is 29.8 Å². The lowest BCUT2D eigenvalue weighted by atomic mass is 9.73. The molecule has 0 saturated heterocycles. The van der Waals surface area contributed by atoms with Crippen LogP contribution in [-0.4, -0.2) is 23.9 Å². The summed E-state index contributed by atoms with van der Waals surface area (Å²) in [5.74, 6) is -0.333. The average molecular weight is 347 g/mol. The Bertz CT molecular complexity index is 923. The molecule has 26 heavy (non-hydrogen) atoms. The Morgan fingerprint density at radius 3 is 2.19 bits per heavy atom. The predicted octanol–water partition coefficient (Wildman–Crippen LogP) is 3.65. The van der Waals surface area contributed by atoms with Gasteiger partial charge < -0.3 is 5.73 Å². The first-order valence-corrected chi connectivity index (χ1v) is 9.22. The van der Waals surface area contributed by atoms with Crippen LogP contribution in [0, 0.1) is 0 Å². The van der Waals surface area contributed by atoms with Crippen LogP contribution in [0.15, 0.2) is 36.4 Å². The van der Waals surface area contributed by atoms with Crippen LogP contribution >= 0.6 is 0 Å². The van der Waals surface area contributed by atoms with Gasteiger partial charge in [-0.05, 0) is 30.4 Å². The Kier molecular flexibility index (Phi) is 4.29. The molecule has 1 saturated carbocycles. The van der Waals surface area contributed by atoms with Gasteiger partial charge in [0.25, 0.3) is 0 Å². The summed E-state index contributed by atoms with van der Waals surface area (Å²) in [5.41, 5.74) is 8.61. The van der Waals surface area contributed by atoms with Crippen molar-refractivity contribution >= 4 is 17.3 Å². The molecule has 1 fully saturated rings. The van der Waals surface area contributed by atoms with Gasteiger partial charge in [0.1, 0.15) is 0 Å². The van der Waals surface area contributed by atoms with Gasteiger partial charge >= 0.3 is 0 Å². The average Bonchev–Trinajstić information content (AvgIpc) is 2.71. The van der Waals surface area contributed by atoms with Crippen molar-refractivity contribution in [1.82, 2.24) is 0 Å². The third-order valence-corrected chi connectivity index (χ3v) is 5.63. The lowest BCUT2D eigenvalue weighted by Gasteiger charge is -2.29. The molecule has 2 N–H and O–H groups in total. The summed E-state index contributed by atoms with van der Waals surface area (Å²) in [6.45, 7) is -0.1000. The highest BCUT2D eigenvalue weighted by atomic mass is 16.1. The highest BCUT2D eigenvalue weighted by Gasteiger charge is 2.35. The quantitative estimate of drug-likeness (QED) is 0.734. The molecule has 132 valence electrons. The van der Waals surface area contributed by atoms with E-state index in [9.17, 15) is 14.4 Å². The van der Waals surface area contributed by atoms with Crippen LogP contribution in [0.25, 0.3) is 0 Å². The SMILES string of the molecule is NCC(=O)c1ccc2c(c1C1CCCCC1)C(=O)c1ccccc1C2=O. The van der Waals surface area contributed by atoms with E-state index in [0.29, 0.717) is 27.8 Å². The number of hydrogen-bond donors (Lipinski definition) is 1. The van der Waals surface area contributed by atoms with Crippen LogP contribution in [0.5, 0.6) is 0 Å². The second-order valence-electron chi connectivity index (χ2n) is 7.12. The Hall–Kier alpha value is -2.59. The molecule has 4 rings (SSSR count). The maximum Gasteiger partial charge on any atom is 0.194 e. The van der Waals surface area contributed by atoms with Gasteiger partial charge in [-0.15, -0.1) is 0 Å². The molecular formula is C22H21NO3. The monoisotopic (exact) mass is 347 g/mol. The van der Waals surface area contributed by atoms with E-state index in [1.807, 2.05) is 0 Å². The number of carbonyl (C=O) groups is 3. The van der Waals surface area contributed by atoms with Gasteiger partial charge in [-0.3, -0.25) is 14.4 Å². The van der Waals surface area contributed by atoms with E-state index < -0.39 is 0 Å². The number of nitrogens with two attached hydrogens (primary N) is 1. The lowest BCUT2D eigenvalue weighted by molar-refractivity contribution is 0.0974. The van der Waals surface area contributed by atoms with Crippen molar-refractivity contribution in [2.75, 3.05) is 6.54 Å². The smallest absolute Gasteiger partial charge is 0.194 e. The fraction of sp³-hybridized carbons (Fsp3) is 0.318. The third-order valence-electron chi connectivity index (χ3n) is 5.63. The maximum atomic E-state index is 13.3. The van der Waals surface area contributed by atoms with Crippen molar-refractivity contribution in [3.05, 3.63) is 69.8 Å². The first-order chi connectivity index (χ1) is 12.6. The molecule has 4 nitrogen and oxygen atoms in total. The number of ketones is 3. The van der Waals surface area contributed by atoms with Crippen LogP contribution in [0.3, 0.4) is 0 Å². The van der Waals surface area contributed by atoms with Gasteiger partial charge in [0, 0.05) is 27.8 Å². The van der Waals surface area contributed by atoms with E-state index in [2.05, 4.69) is 0 Å². The zero-order valence-corrected chi connectivity index (χ0v) is 14.6. The normalized spacial score (nSPS) is 17.0. The highest BCUT2D eigenvalue weighted by molar-refractivity contribution is 6.29. The number of rotatable bonds is 3. The summed E-state index contributed by atoms with van der Waals surface area (Å²) in [6.07, 6.45) is 5.18. The fourth-order valence-corrected chi connectivity index (χ4v) is 4.38. The summed E-state index contributed by atoms with van der Waals surface area (Å²) >= 11 is 0. The van der Waals surface area contributed by atoms with E-state index in [1.54, 1.807) is 36.4 Å². The first kappa shape index (κ1) is 16.9. The first-order valence-electron chi connectivity index (χ1n) is 9.22. The minimum absolute atomic E-state index is 0.1000. The second kappa shape index (κ2) is 6.61. The fourth-order valence-electron chi connectivity index (χ4n) is 4.38. The molecule has 0 aromatic heterocycles. The number of carbonyl (C=O) groups excluding carboxylic acids is 3. The molecule has 0 amide bonds. The van der Waals surface area contributed by atoms with E-state index in [1.165, 1.54) is 6.42 Å². The second-order valence-corrected chi connectivity index (χ2v) is 7.12. The highest BCUT2D eigenvalue weighted by Crippen LogP contribution is 2.40. The van der Waals surface area contributed by atoms with Crippen LogP contribution in [0.1, 0.15) is 85.8 Å². The van der Waals surface area contributed by atoms with Crippen molar-refractivity contribution < 1.29 is 14.4 Å². The number of benzene rings is 2. The predicted molar refractivity (Wildman–Crippen MR) is 99.0 cm³/mol. The van der Waals surface area contributed by atoms with Crippen molar-refractivity contribution in [3.8, 4) is 0 Å². The van der Waals surface area contributed by atoms with Crippen LogP contribution in [0.2, 0.25) is 0 Å². The molecule has 2 aliphatic rings.